The molecule has 78 valence electrons. The van der Waals surface area contributed by atoms with E-state index in [-0.39, 0.29) is 5.92 Å². The van der Waals surface area contributed by atoms with Crippen molar-refractivity contribution in [1.29, 1.82) is 0 Å². The highest BCUT2D eigenvalue weighted by molar-refractivity contribution is 5.70. The third-order valence-electron chi connectivity index (χ3n) is 2.30. The number of aliphatic hydroxyl groups is 1. The number of rotatable bonds is 1. The lowest BCUT2D eigenvalue weighted by Crippen LogP contribution is -2.34. The number of carboxylic acid groups (broad SMARTS) is 1. The number of hydrogen-bond acceptors (Lipinski definition) is 2. The van der Waals surface area contributed by atoms with Crippen LogP contribution < -0.4 is 0 Å². The van der Waals surface area contributed by atoms with E-state index in [2.05, 4.69) is 0 Å². The fourth-order valence-electron chi connectivity index (χ4n) is 1.68. The van der Waals surface area contributed by atoms with Crippen LogP contribution in [0, 0.1) is 5.92 Å². The summed E-state index contributed by atoms with van der Waals surface area (Å²) in [6.07, 6.45) is 2.68. The maximum absolute atomic E-state index is 10.5. The van der Waals surface area contributed by atoms with E-state index in [4.69, 9.17) is 5.11 Å². The van der Waals surface area contributed by atoms with Gasteiger partial charge in [0, 0.05) is 0 Å². The molecule has 2 unspecified atom stereocenters. The summed E-state index contributed by atoms with van der Waals surface area (Å²) < 4.78 is 0. The summed E-state index contributed by atoms with van der Waals surface area (Å²) in [5, 5.41) is 18.2. The first kappa shape index (κ1) is 12.4. The smallest absolute Gasteiger partial charge is 0.306 e. The van der Waals surface area contributed by atoms with Gasteiger partial charge in [-0.15, -0.1) is 0 Å². The second kappa shape index (κ2) is 5.22. The summed E-state index contributed by atoms with van der Waals surface area (Å²) in [7, 11) is 0. The van der Waals surface area contributed by atoms with Crippen molar-refractivity contribution in [2.75, 3.05) is 0 Å². The van der Waals surface area contributed by atoms with Gasteiger partial charge in [-0.3, -0.25) is 4.79 Å². The van der Waals surface area contributed by atoms with E-state index >= 15 is 0 Å². The molecular formula is C10H20O3. The molecule has 0 amide bonds. The fraction of sp³-hybridized carbons (Fsp3) is 0.900. The van der Waals surface area contributed by atoms with E-state index in [0.29, 0.717) is 12.8 Å². The highest BCUT2D eigenvalue weighted by atomic mass is 16.4. The number of carbonyl (C=O) groups is 1. The molecule has 13 heavy (non-hydrogen) atoms. The molecule has 0 radical (unpaired) electrons. The maximum Gasteiger partial charge on any atom is 0.306 e. The average Bonchev–Trinajstić information content (AvgIpc) is 2.06. The predicted octanol–water partition coefficient (Wildman–Crippen LogP) is 2.04. The number of aliphatic carboxylic acids is 1. The van der Waals surface area contributed by atoms with Crippen molar-refractivity contribution in [3.05, 3.63) is 0 Å². The zero-order chi connectivity index (χ0) is 10.5. The summed E-state index contributed by atoms with van der Waals surface area (Å²) >= 11 is 0. The third-order valence-corrected chi connectivity index (χ3v) is 2.30. The normalized spacial score (nSPS) is 33.1. The molecule has 1 rings (SSSR count). The van der Waals surface area contributed by atoms with Crippen molar-refractivity contribution in [2.24, 2.45) is 5.92 Å². The topological polar surface area (TPSA) is 57.5 Å². The van der Waals surface area contributed by atoms with Crippen LogP contribution in [-0.4, -0.2) is 21.8 Å². The van der Waals surface area contributed by atoms with E-state index < -0.39 is 11.6 Å². The molecule has 0 heterocycles. The van der Waals surface area contributed by atoms with Crippen LogP contribution >= 0.6 is 0 Å². The molecule has 3 heteroatoms. The monoisotopic (exact) mass is 188 g/mol. The van der Waals surface area contributed by atoms with Crippen molar-refractivity contribution >= 4 is 5.97 Å². The second-order valence-corrected chi connectivity index (χ2v) is 3.63. The molecule has 0 spiro atoms. The van der Waals surface area contributed by atoms with Gasteiger partial charge in [0.1, 0.15) is 0 Å². The molecule has 1 fully saturated rings. The van der Waals surface area contributed by atoms with Gasteiger partial charge in [-0.2, -0.15) is 0 Å². The highest BCUT2D eigenvalue weighted by Crippen LogP contribution is 2.31. The summed E-state index contributed by atoms with van der Waals surface area (Å²) in [4.78, 5) is 10.5. The van der Waals surface area contributed by atoms with Gasteiger partial charge in [0.15, 0.2) is 0 Å². The Bertz CT molecular complexity index is 164. The van der Waals surface area contributed by atoms with Gasteiger partial charge in [0.05, 0.1) is 11.5 Å². The standard InChI is InChI=1S/C8H14O3.C2H6/c1-8(11)4-2-3-6(5-8)7(9)10;1-2/h6,11H,2-5H2,1H3,(H,9,10);1-2H3. The Morgan fingerprint density at radius 1 is 1.46 bits per heavy atom. The second-order valence-electron chi connectivity index (χ2n) is 3.63. The van der Waals surface area contributed by atoms with Gasteiger partial charge >= 0.3 is 5.97 Å². The first-order chi connectivity index (χ1) is 6.01. The third kappa shape index (κ3) is 4.27. The van der Waals surface area contributed by atoms with Gasteiger partial charge < -0.3 is 10.2 Å². The molecule has 2 atom stereocenters. The molecule has 1 aliphatic carbocycles. The minimum atomic E-state index is -0.773. The number of hydrogen-bond donors (Lipinski definition) is 2. The molecule has 0 aromatic heterocycles. The van der Waals surface area contributed by atoms with Crippen LogP contribution in [0.5, 0.6) is 0 Å². The average molecular weight is 188 g/mol. The molecular weight excluding hydrogens is 168 g/mol. The summed E-state index contributed by atoms with van der Waals surface area (Å²) in [5.74, 6) is -1.11. The largest absolute Gasteiger partial charge is 0.481 e. The fourth-order valence-corrected chi connectivity index (χ4v) is 1.68. The Balaban J connectivity index is 0.000000671. The van der Waals surface area contributed by atoms with Crippen molar-refractivity contribution in [1.82, 2.24) is 0 Å². The van der Waals surface area contributed by atoms with Crippen LogP contribution in [0.15, 0.2) is 0 Å². The van der Waals surface area contributed by atoms with E-state index in [0.717, 1.165) is 12.8 Å². The van der Waals surface area contributed by atoms with Crippen LogP contribution in [0.3, 0.4) is 0 Å². The summed E-state index contributed by atoms with van der Waals surface area (Å²) in [5.41, 5.74) is -0.749. The SMILES string of the molecule is CC.CC1(O)CCCC(C(=O)O)C1. The predicted molar refractivity (Wildman–Crippen MR) is 51.6 cm³/mol. The Morgan fingerprint density at radius 2 is 2.00 bits per heavy atom. The van der Waals surface area contributed by atoms with E-state index in [1.807, 2.05) is 13.8 Å². The summed E-state index contributed by atoms with van der Waals surface area (Å²) in [6, 6.07) is 0. The first-order valence-corrected chi connectivity index (χ1v) is 4.96. The van der Waals surface area contributed by atoms with E-state index in [9.17, 15) is 9.90 Å². The maximum atomic E-state index is 10.5. The Morgan fingerprint density at radius 3 is 2.31 bits per heavy atom. The van der Waals surface area contributed by atoms with Crippen LogP contribution in [0.4, 0.5) is 0 Å². The van der Waals surface area contributed by atoms with Gasteiger partial charge in [0.25, 0.3) is 0 Å². The molecule has 1 saturated carbocycles. The molecule has 0 saturated heterocycles. The van der Waals surface area contributed by atoms with Crippen LogP contribution in [0.25, 0.3) is 0 Å². The molecule has 0 bridgehead atoms. The van der Waals surface area contributed by atoms with Crippen LogP contribution in [0.2, 0.25) is 0 Å². The highest BCUT2D eigenvalue weighted by Gasteiger charge is 2.33. The Kier molecular flexibility index (Phi) is 4.99. The van der Waals surface area contributed by atoms with E-state index in [1.165, 1.54) is 0 Å². The molecule has 0 aliphatic heterocycles. The zero-order valence-electron chi connectivity index (χ0n) is 8.71. The zero-order valence-corrected chi connectivity index (χ0v) is 8.71. The van der Waals surface area contributed by atoms with Gasteiger partial charge in [-0.1, -0.05) is 13.8 Å². The molecule has 0 aromatic carbocycles. The first-order valence-electron chi connectivity index (χ1n) is 4.96. The minimum absolute atomic E-state index is 0.334. The lowest BCUT2D eigenvalue weighted by atomic mass is 9.79. The van der Waals surface area contributed by atoms with Crippen LogP contribution in [-0.2, 0) is 4.79 Å². The summed E-state index contributed by atoms with van der Waals surface area (Å²) in [6.45, 7) is 5.71. The van der Waals surface area contributed by atoms with Crippen molar-refractivity contribution in [3.63, 3.8) is 0 Å². The van der Waals surface area contributed by atoms with Gasteiger partial charge in [-0.05, 0) is 32.6 Å². The number of carboxylic acids is 1. The Labute approximate surface area is 79.8 Å². The molecule has 2 N–H and O–H groups in total. The van der Waals surface area contributed by atoms with E-state index in [1.54, 1.807) is 6.92 Å². The minimum Gasteiger partial charge on any atom is -0.481 e. The lowest BCUT2D eigenvalue weighted by molar-refractivity contribution is -0.146. The molecule has 0 aromatic rings. The lowest BCUT2D eigenvalue weighted by Gasteiger charge is -2.31. The van der Waals surface area contributed by atoms with Crippen molar-refractivity contribution in [3.8, 4) is 0 Å². The molecule has 3 nitrogen and oxygen atoms in total. The van der Waals surface area contributed by atoms with Crippen molar-refractivity contribution < 1.29 is 15.0 Å². The van der Waals surface area contributed by atoms with Crippen molar-refractivity contribution in [2.45, 2.75) is 52.1 Å². The molecule has 1 aliphatic rings. The Hall–Kier alpha value is -0.570. The quantitative estimate of drug-likeness (QED) is 0.662. The van der Waals surface area contributed by atoms with Crippen LogP contribution in [0.1, 0.15) is 46.5 Å². The van der Waals surface area contributed by atoms with Gasteiger partial charge in [-0.25, -0.2) is 0 Å². The van der Waals surface area contributed by atoms with Gasteiger partial charge in [0.2, 0.25) is 0 Å².